The summed E-state index contributed by atoms with van der Waals surface area (Å²) in [6.07, 6.45) is 10.4. The van der Waals surface area contributed by atoms with Crippen LogP contribution in [0, 0.1) is 0 Å². The lowest BCUT2D eigenvalue weighted by Crippen LogP contribution is -2.49. The Morgan fingerprint density at radius 2 is 1.31 bits per heavy atom. The second-order valence-electron chi connectivity index (χ2n) is 6.65. The Morgan fingerprint density at radius 3 is 1.96 bits per heavy atom. The predicted molar refractivity (Wildman–Crippen MR) is 98.2 cm³/mol. The third-order valence-corrected chi connectivity index (χ3v) is 4.93. The average Bonchev–Trinajstić information content (AvgIpc) is 2.75. The normalized spacial score (nSPS) is 18.1. The van der Waals surface area contributed by atoms with Crippen molar-refractivity contribution in [1.82, 2.24) is 24.8 Å². The molecule has 4 heterocycles. The molecule has 0 radical (unpaired) electrons. The monoisotopic (exact) mass is 353 g/mol. The molecule has 0 atom stereocenters. The maximum absolute atomic E-state index is 12.7. The topological polar surface area (TPSA) is 78.4 Å². The van der Waals surface area contributed by atoms with Crippen LogP contribution in [0.25, 0.3) is 0 Å². The van der Waals surface area contributed by atoms with Crippen molar-refractivity contribution in [1.29, 1.82) is 0 Å². The fourth-order valence-electron chi connectivity index (χ4n) is 3.44. The number of carbonyl (C=O) groups is 1. The second-order valence-corrected chi connectivity index (χ2v) is 6.65. The van der Waals surface area contributed by atoms with Crippen LogP contribution in [0.2, 0.25) is 0 Å². The molecule has 0 saturated carbocycles. The first-order valence-corrected chi connectivity index (χ1v) is 9.19. The maximum Gasteiger partial charge on any atom is 0.257 e. The molecule has 26 heavy (non-hydrogen) atoms. The van der Waals surface area contributed by atoms with E-state index in [4.69, 9.17) is 0 Å². The van der Waals surface area contributed by atoms with Gasteiger partial charge in [-0.2, -0.15) is 0 Å². The Bertz CT molecular complexity index is 723. The molecule has 8 heteroatoms. The first-order valence-electron chi connectivity index (χ1n) is 9.19. The van der Waals surface area contributed by atoms with E-state index in [1.807, 2.05) is 4.90 Å². The Kier molecular flexibility index (Phi) is 4.90. The van der Waals surface area contributed by atoms with Gasteiger partial charge in [-0.3, -0.25) is 4.79 Å². The number of rotatable bonds is 3. The van der Waals surface area contributed by atoms with Crippen LogP contribution in [0.1, 0.15) is 29.6 Å². The highest BCUT2D eigenvalue weighted by atomic mass is 16.2. The molecule has 1 amide bonds. The van der Waals surface area contributed by atoms with Gasteiger partial charge in [-0.25, -0.2) is 19.9 Å². The van der Waals surface area contributed by atoms with E-state index >= 15 is 0 Å². The van der Waals surface area contributed by atoms with Gasteiger partial charge in [-0.1, -0.05) is 0 Å². The largest absolute Gasteiger partial charge is 0.341 e. The van der Waals surface area contributed by atoms with E-state index in [1.54, 1.807) is 30.9 Å². The van der Waals surface area contributed by atoms with Gasteiger partial charge in [0.25, 0.3) is 5.91 Å². The number of piperazine rings is 1. The number of carbonyl (C=O) groups excluding carboxylic acids is 1. The van der Waals surface area contributed by atoms with Crippen LogP contribution in [0.3, 0.4) is 0 Å². The SMILES string of the molecule is O=C(c1cnc(N2CCCCC2)nc1)N1CCN(c2ncccn2)CC1. The number of hydrogen-bond donors (Lipinski definition) is 0. The smallest absolute Gasteiger partial charge is 0.257 e. The van der Waals surface area contributed by atoms with Gasteiger partial charge >= 0.3 is 0 Å². The lowest BCUT2D eigenvalue weighted by molar-refractivity contribution is 0.0745. The fraction of sp³-hybridized carbons (Fsp3) is 0.500. The number of nitrogens with zero attached hydrogens (tertiary/aromatic N) is 7. The summed E-state index contributed by atoms with van der Waals surface area (Å²) in [5.41, 5.74) is 0.551. The molecule has 0 N–H and O–H groups in total. The first kappa shape index (κ1) is 16.7. The van der Waals surface area contributed by atoms with Gasteiger partial charge in [0.2, 0.25) is 11.9 Å². The molecular formula is C18H23N7O. The van der Waals surface area contributed by atoms with Crippen LogP contribution >= 0.6 is 0 Å². The Morgan fingerprint density at radius 1 is 0.731 bits per heavy atom. The van der Waals surface area contributed by atoms with Gasteiger partial charge in [-0.15, -0.1) is 0 Å². The highest BCUT2D eigenvalue weighted by Gasteiger charge is 2.24. The molecule has 2 aliphatic rings. The summed E-state index contributed by atoms with van der Waals surface area (Å²) in [7, 11) is 0. The van der Waals surface area contributed by atoms with Crippen LogP contribution in [-0.4, -0.2) is 70.0 Å². The van der Waals surface area contributed by atoms with Gasteiger partial charge in [-0.05, 0) is 25.3 Å². The standard InChI is InChI=1S/C18H23N7O/c26-16(15-13-21-18(22-14-15)24-7-2-1-3-8-24)23-9-11-25(12-10-23)17-19-5-4-6-20-17/h4-6,13-14H,1-3,7-12H2. The van der Waals surface area contributed by atoms with Crippen molar-refractivity contribution in [3.05, 3.63) is 36.4 Å². The van der Waals surface area contributed by atoms with Crippen LogP contribution in [0.15, 0.2) is 30.9 Å². The Hall–Kier alpha value is -2.77. The Labute approximate surface area is 152 Å². The molecule has 8 nitrogen and oxygen atoms in total. The van der Waals surface area contributed by atoms with Crippen LogP contribution < -0.4 is 9.80 Å². The van der Waals surface area contributed by atoms with Crippen LogP contribution in [0.5, 0.6) is 0 Å². The number of piperidine rings is 1. The molecule has 0 unspecified atom stereocenters. The molecule has 136 valence electrons. The summed E-state index contributed by atoms with van der Waals surface area (Å²) in [6, 6.07) is 1.80. The second kappa shape index (κ2) is 7.63. The van der Waals surface area contributed by atoms with Crippen molar-refractivity contribution in [2.24, 2.45) is 0 Å². The van der Waals surface area contributed by atoms with E-state index in [2.05, 4.69) is 29.7 Å². The fourth-order valence-corrected chi connectivity index (χ4v) is 3.44. The minimum absolute atomic E-state index is 0.0103. The van der Waals surface area contributed by atoms with Gasteiger partial charge < -0.3 is 14.7 Å². The highest BCUT2D eigenvalue weighted by Crippen LogP contribution is 2.16. The number of hydrogen-bond acceptors (Lipinski definition) is 7. The van der Waals surface area contributed by atoms with Crippen molar-refractivity contribution in [3.8, 4) is 0 Å². The van der Waals surface area contributed by atoms with E-state index in [0.717, 1.165) is 32.1 Å². The van der Waals surface area contributed by atoms with Crippen molar-refractivity contribution < 1.29 is 4.79 Å². The first-order chi connectivity index (χ1) is 12.8. The molecule has 2 aliphatic heterocycles. The van der Waals surface area contributed by atoms with Gasteiger partial charge in [0.15, 0.2) is 0 Å². The van der Waals surface area contributed by atoms with Crippen molar-refractivity contribution in [2.75, 3.05) is 49.1 Å². The number of aromatic nitrogens is 4. The molecule has 0 bridgehead atoms. The summed E-state index contributed by atoms with van der Waals surface area (Å²) < 4.78 is 0. The van der Waals surface area contributed by atoms with Crippen molar-refractivity contribution in [2.45, 2.75) is 19.3 Å². The third kappa shape index (κ3) is 3.58. The number of anilines is 2. The lowest BCUT2D eigenvalue weighted by Gasteiger charge is -2.34. The summed E-state index contributed by atoms with van der Waals surface area (Å²) in [5, 5.41) is 0. The van der Waals surface area contributed by atoms with E-state index in [0.29, 0.717) is 24.6 Å². The number of amides is 1. The summed E-state index contributed by atoms with van der Waals surface area (Å²) >= 11 is 0. The van der Waals surface area contributed by atoms with Gasteiger partial charge in [0.05, 0.1) is 5.56 Å². The molecule has 0 spiro atoms. The molecule has 2 aromatic heterocycles. The molecule has 4 rings (SSSR count). The van der Waals surface area contributed by atoms with E-state index in [-0.39, 0.29) is 5.91 Å². The quantitative estimate of drug-likeness (QED) is 0.821. The van der Waals surface area contributed by atoms with E-state index < -0.39 is 0 Å². The van der Waals surface area contributed by atoms with Crippen LogP contribution in [-0.2, 0) is 0 Å². The average molecular weight is 353 g/mol. The minimum atomic E-state index is -0.0103. The van der Waals surface area contributed by atoms with Gasteiger partial charge in [0, 0.05) is 64.1 Å². The maximum atomic E-state index is 12.7. The summed E-state index contributed by atoms with van der Waals surface area (Å²) in [5.74, 6) is 1.44. The van der Waals surface area contributed by atoms with Crippen LogP contribution in [0.4, 0.5) is 11.9 Å². The zero-order valence-corrected chi connectivity index (χ0v) is 14.8. The molecular weight excluding hydrogens is 330 g/mol. The minimum Gasteiger partial charge on any atom is -0.341 e. The lowest BCUT2D eigenvalue weighted by atomic mass is 10.1. The highest BCUT2D eigenvalue weighted by molar-refractivity contribution is 5.93. The zero-order valence-electron chi connectivity index (χ0n) is 14.8. The summed E-state index contributed by atoms with van der Waals surface area (Å²) in [4.78, 5) is 36.2. The van der Waals surface area contributed by atoms with Crippen molar-refractivity contribution in [3.63, 3.8) is 0 Å². The summed E-state index contributed by atoms with van der Waals surface area (Å²) in [6.45, 7) is 4.73. The molecule has 0 aromatic carbocycles. The van der Waals surface area contributed by atoms with Crippen molar-refractivity contribution >= 4 is 17.8 Å². The molecule has 2 fully saturated rings. The molecule has 2 aromatic rings. The van der Waals surface area contributed by atoms with E-state index in [1.165, 1.54) is 19.3 Å². The van der Waals surface area contributed by atoms with Gasteiger partial charge in [0.1, 0.15) is 0 Å². The third-order valence-electron chi connectivity index (χ3n) is 4.93. The molecule has 2 saturated heterocycles. The zero-order chi connectivity index (χ0) is 17.8. The Balaban J connectivity index is 1.36. The molecule has 0 aliphatic carbocycles. The predicted octanol–water partition coefficient (Wildman–Crippen LogP) is 1.22. The van der Waals surface area contributed by atoms with E-state index in [9.17, 15) is 4.79 Å².